The van der Waals surface area contributed by atoms with Crippen LogP contribution in [-0.2, 0) is 6.54 Å². The second-order valence-electron chi connectivity index (χ2n) is 7.01. The number of likely N-dealkylation sites (tertiary alicyclic amines) is 1. The molecule has 2 aromatic rings. The normalized spacial score (nSPS) is 20.3. The number of rotatable bonds is 4. The standard InChI is InChI=1S/C21H24N4O/c1-16-14-25(15-17-6-4-3-5-7-17)11-10-20(16)24(2)21(26)19-9-8-18(12-22)13-23-19/h3-9,13,16,20H,10-11,14-15H2,1-2H3/t16-,20-/m1/s1. The molecule has 3 rings (SSSR count). The third-order valence-electron chi connectivity index (χ3n) is 5.12. The van der Waals surface area contributed by atoms with E-state index in [0.29, 0.717) is 17.2 Å². The van der Waals surface area contributed by atoms with Crippen molar-refractivity contribution < 1.29 is 4.79 Å². The highest BCUT2D eigenvalue weighted by atomic mass is 16.2. The Labute approximate surface area is 154 Å². The lowest BCUT2D eigenvalue weighted by atomic mass is 9.92. The predicted molar refractivity (Wildman–Crippen MR) is 100 cm³/mol. The summed E-state index contributed by atoms with van der Waals surface area (Å²) < 4.78 is 0. The van der Waals surface area contributed by atoms with Crippen LogP contribution in [0.1, 0.15) is 35.0 Å². The van der Waals surface area contributed by atoms with Crippen LogP contribution in [-0.4, -0.2) is 46.9 Å². The van der Waals surface area contributed by atoms with Gasteiger partial charge in [-0.3, -0.25) is 9.69 Å². The quantitative estimate of drug-likeness (QED) is 0.852. The van der Waals surface area contributed by atoms with Gasteiger partial charge in [-0.05, 0) is 30.0 Å². The molecule has 0 radical (unpaired) electrons. The Hall–Kier alpha value is -2.71. The number of nitrogens with zero attached hydrogens (tertiary/aromatic N) is 4. The monoisotopic (exact) mass is 348 g/mol. The minimum atomic E-state index is -0.0807. The van der Waals surface area contributed by atoms with E-state index >= 15 is 0 Å². The summed E-state index contributed by atoms with van der Waals surface area (Å²) >= 11 is 0. The van der Waals surface area contributed by atoms with Crippen LogP contribution in [0.25, 0.3) is 0 Å². The number of pyridine rings is 1. The van der Waals surface area contributed by atoms with E-state index in [9.17, 15) is 4.79 Å². The Morgan fingerprint density at radius 2 is 2.08 bits per heavy atom. The first kappa shape index (κ1) is 18.1. The smallest absolute Gasteiger partial charge is 0.272 e. The maximum atomic E-state index is 12.7. The van der Waals surface area contributed by atoms with E-state index in [1.54, 1.807) is 12.1 Å². The lowest BCUT2D eigenvalue weighted by Gasteiger charge is -2.41. The van der Waals surface area contributed by atoms with Gasteiger partial charge in [0, 0.05) is 38.9 Å². The molecule has 134 valence electrons. The van der Waals surface area contributed by atoms with Gasteiger partial charge in [-0.2, -0.15) is 5.26 Å². The van der Waals surface area contributed by atoms with Crippen LogP contribution in [0, 0.1) is 17.2 Å². The predicted octanol–water partition coefficient (Wildman–Crippen LogP) is 2.94. The summed E-state index contributed by atoms with van der Waals surface area (Å²) in [7, 11) is 1.86. The maximum absolute atomic E-state index is 12.7. The molecule has 1 fully saturated rings. The highest BCUT2D eigenvalue weighted by Gasteiger charge is 2.31. The Kier molecular flexibility index (Phi) is 5.65. The fraction of sp³-hybridized carbons (Fsp3) is 0.381. The van der Waals surface area contributed by atoms with Gasteiger partial charge < -0.3 is 4.90 Å². The van der Waals surface area contributed by atoms with Gasteiger partial charge in [0.05, 0.1) is 5.56 Å². The zero-order valence-electron chi connectivity index (χ0n) is 15.3. The van der Waals surface area contributed by atoms with E-state index < -0.39 is 0 Å². The van der Waals surface area contributed by atoms with E-state index in [-0.39, 0.29) is 11.9 Å². The molecule has 1 saturated heterocycles. The zero-order valence-corrected chi connectivity index (χ0v) is 15.3. The summed E-state index contributed by atoms with van der Waals surface area (Å²) in [5.74, 6) is 0.308. The molecule has 1 aromatic carbocycles. The second kappa shape index (κ2) is 8.11. The molecule has 2 heterocycles. The fourth-order valence-corrected chi connectivity index (χ4v) is 3.70. The maximum Gasteiger partial charge on any atom is 0.272 e. The van der Waals surface area contributed by atoms with E-state index in [2.05, 4.69) is 41.1 Å². The third-order valence-corrected chi connectivity index (χ3v) is 5.12. The van der Waals surface area contributed by atoms with Crippen molar-refractivity contribution in [3.05, 3.63) is 65.5 Å². The Morgan fingerprint density at radius 1 is 1.31 bits per heavy atom. The molecular weight excluding hydrogens is 324 g/mol. The molecule has 0 unspecified atom stereocenters. The number of hydrogen-bond acceptors (Lipinski definition) is 4. The first-order chi connectivity index (χ1) is 12.6. The lowest BCUT2D eigenvalue weighted by molar-refractivity contribution is 0.0493. The average Bonchev–Trinajstić information content (AvgIpc) is 2.68. The lowest BCUT2D eigenvalue weighted by Crippen LogP contribution is -2.50. The summed E-state index contributed by atoms with van der Waals surface area (Å²) in [6.45, 7) is 5.10. The number of hydrogen-bond donors (Lipinski definition) is 0. The van der Waals surface area contributed by atoms with Gasteiger partial charge >= 0.3 is 0 Å². The van der Waals surface area contributed by atoms with Crippen LogP contribution in [0.3, 0.4) is 0 Å². The molecule has 0 spiro atoms. The van der Waals surface area contributed by atoms with Crippen molar-refractivity contribution in [1.82, 2.24) is 14.8 Å². The van der Waals surface area contributed by atoms with E-state index in [0.717, 1.165) is 26.1 Å². The second-order valence-corrected chi connectivity index (χ2v) is 7.01. The van der Waals surface area contributed by atoms with Crippen molar-refractivity contribution in [3.8, 4) is 6.07 Å². The van der Waals surface area contributed by atoms with E-state index in [1.807, 2.05) is 24.1 Å². The van der Waals surface area contributed by atoms with Crippen molar-refractivity contribution in [2.24, 2.45) is 5.92 Å². The van der Waals surface area contributed by atoms with Crippen LogP contribution in [0.5, 0.6) is 0 Å². The molecule has 0 aliphatic carbocycles. The number of nitriles is 1. The van der Waals surface area contributed by atoms with Crippen molar-refractivity contribution in [1.29, 1.82) is 5.26 Å². The van der Waals surface area contributed by atoms with Crippen LogP contribution < -0.4 is 0 Å². The molecule has 26 heavy (non-hydrogen) atoms. The molecule has 0 saturated carbocycles. The molecule has 1 aromatic heterocycles. The van der Waals surface area contributed by atoms with Gasteiger partial charge in [0.25, 0.3) is 5.91 Å². The highest BCUT2D eigenvalue weighted by Crippen LogP contribution is 2.23. The SMILES string of the molecule is C[C@@H]1CN(Cc2ccccc2)CC[C@H]1N(C)C(=O)c1ccc(C#N)cn1. The minimum absolute atomic E-state index is 0.0807. The summed E-state index contributed by atoms with van der Waals surface area (Å²) in [6, 6.07) is 16.0. The molecule has 1 amide bonds. The van der Waals surface area contributed by atoms with Crippen molar-refractivity contribution in [2.75, 3.05) is 20.1 Å². The summed E-state index contributed by atoms with van der Waals surface area (Å²) in [5, 5.41) is 8.86. The number of benzene rings is 1. The molecule has 5 nitrogen and oxygen atoms in total. The van der Waals surface area contributed by atoms with Crippen molar-refractivity contribution in [2.45, 2.75) is 25.9 Å². The number of piperidine rings is 1. The van der Waals surface area contributed by atoms with Crippen molar-refractivity contribution in [3.63, 3.8) is 0 Å². The highest BCUT2D eigenvalue weighted by molar-refractivity contribution is 5.92. The number of carbonyl (C=O) groups excluding carboxylic acids is 1. The van der Waals surface area contributed by atoms with E-state index in [1.165, 1.54) is 11.8 Å². The summed E-state index contributed by atoms with van der Waals surface area (Å²) in [5.41, 5.74) is 2.18. The van der Waals surface area contributed by atoms with E-state index in [4.69, 9.17) is 5.26 Å². The summed E-state index contributed by atoms with van der Waals surface area (Å²) in [6.07, 6.45) is 2.40. The van der Waals surface area contributed by atoms with Crippen LogP contribution in [0.15, 0.2) is 48.7 Å². The molecule has 5 heteroatoms. The van der Waals surface area contributed by atoms with Gasteiger partial charge in [-0.25, -0.2) is 4.98 Å². The first-order valence-corrected chi connectivity index (χ1v) is 8.98. The topological polar surface area (TPSA) is 60.2 Å². The molecule has 1 aliphatic heterocycles. The van der Waals surface area contributed by atoms with Crippen LogP contribution in [0.2, 0.25) is 0 Å². The number of carbonyl (C=O) groups is 1. The molecule has 0 N–H and O–H groups in total. The van der Waals surface area contributed by atoms with Crippen LogP contribution in [0.4, 0.5) is 0 Å². The first-order valence-electron chi connectivity index (χ1n) is 8.98. The van der Waals surface area contributed by atoms with Gasteiger partial charge in [0.1, 0.15) is 11.8 Å². The van der Waals surface area contributed by atoms with Gasteiger partial charge in [0.2, 0.25) is 0 Å². The third kappa shape index (κ3) is 4.09. The molecular formula is C21H24N4O. The largest absolute Gasteiger partial charge is 0.337 e. The zero-order chi connectivity index (χ0) is 18.5. The van der Waals surface area contributed by atoms with Gasteiger partial charge in [-0.15, -0.1) is 0 Å². The Bertz CT molecular complexity index is 782. The number of aromatic nitrogens is 1. The van der Waals surface area contributed by atoms with Crippen molar-refractivity contribution >= 4 is 5.91 Å². The number of amides is 1. The van der Waals surface area contributed by atoms with Gasteiger partial charge in [-0.1, -0.05) is 37.3 Å². The summed E-state index contributed by atoms with van der Waals surface area (Å²) in [4.78, 5) is 21.1. The molecule has 1 aliphatic rings. The van der Waals surface area contributed by atoms with Crippen LogP contribution >= 0.6 is 0 Å². The fourth-order valence-electron chi connectivity index (χ4n) is 3.70. The molecule has 0 bridgehead atoms. The minimum Gasteiger partial charge on any atom is -0.337 e. The van der Waals surface area contributed by atoms with Gasteiger partial charge in [0.15, 0.2) is 0 Å². The Balaban J connectivity index is 1.61. The molecule has 2 atom stereocenters. The Morgan fingerprint density at radius 3 is 2.69 bits per heavy atom. The average molecular weight is 348 g/mol.